The van der Waals surface area contributed by atoms with Crippen LogP contribution in [0.3, 0.4) is 0 Å². The summed E-state index contributed by atoms with van der Waals surface area (Å²) in [7, 11) is 0. The molecule has 0 aromatic carbocycles. The number of nitrogen functional groups attached to an aromatic ring is 2. The summed E-state index contributed by atoms with van der Waals surface area (Å²) in [5.41, 5.74) is 19.0. The second-order valence-corrected chi connectivity index (χ2v) is 7.19. The molecule has 0 aliphatic carbocycles. The van der Waals surface area contributed by atoms with Gasteiger partial charge in [0.25, 0.3) is 0 Å². The lowest BCUT2D eigenvalue weighted by Crippen LogP contribution is -2.49. The van der Waals surface area contributed by atoms with Crippen molar-refractivity contribution in [3.8, 4) is 5.88 Å². The van der Waals surface area contributed by atoms with Crippen LogP contribution in [-0.4, -0.2) is 44.4 Å². The maximum Gasteiger partial charge on any atom is 0.225 e. The third kappa shape index (κ3) is 3.37. The van der Waals surface area contributed by atoms with Crippen molar-refractivity contribution in [1.82, 2.24) is 19.9 Å². The molecule has 2 aliphatic rings. The fraction of sp³-hybridized carbons (Fsp3) is 0.444. The number of piperidine rings is 1. The van der Waals surface area contributed by atoms with E-state index in [9.17, 15) is 4.79 Å². The SMILES string of the molecule is Nc1nc(N)c2c(n1)OC1(CCN(C(=O)C[C@H](N)c3cccnc3)CC1)C2. The van der Waals surface area contributed by atoms with E-state index < -0.39 is 0 Å². The van der Waals surface area contributed by atoms with Gasteiger partial charge in [0, 0.05) is 57.2 Å². The molecule has 27 heavy (non-hydrogen) atoms. The van der Waals surface area contributed by atoms with Gasteiger partial charge < -0.3 is 26.8 Å². The molecule has 4 heterocycles. The standard InChI is InChI=1S/C18H23N7O2/c19-13(11-2-1-5-22-10-11)8-14(26)25-6-3-18(4-7-25)9-12-15(20)23-17(21)24-16(12)27-18/h1-2,5,10,13H,3-4,6-9,19H2,(H4,20,21,23,24)/t13-/m0/s1. The van der Waals surface area contributed by atoms with Gasteiger partial charge >= 0.3 is 0 Å². The smallest absolute Gasteiger partial charge is 0.225 e. The fourth-order valence-electron chi connectivity index (χ4n) is 3.78. The van der Waals surface area contributed by atoms with E-state index in [-0.39, 0.29) is 29.9 Å². The maximum absolute atomic E-state index is 12.6. The predicted octanol–water partition coefficient (Wildman–Crippen LogP) is 0.422. The van der Waals surface area contributed by atoms with Gasteiger partial charge in [0.2, 0.25) is 17.7 Å². The van der Waals surface area contributed by atoms with Gasteiger partial charge in [-0.3, -0.25) is 9.78 Å². The van der Waals surface area contributed by atoms with Crippen LogP contribution in [-0.2, 0) is 11.2 Å². The molecule has 1 spiro atoms. The first kappa shape index (κ1) is 17.5. The van der Waals surface area contributed by atoms with Crippen LogP contribution >= 0.6 is 0 Å². The van der Waals surface area contributed by atoms with Gasteiger partial charge in [0.05, 0.1) is 5.56 Å². The number of hydrogen-bond donors (Lipinski definition) is 3. The first-order valence-electron chi connectivity index (χ1n) is 9.00. The maximum atomic E-state index is 12.6. The molecule has 4 rings (SSSR count). The van der Waals surface area contributed by atoms with Crippen molar-refractivity contribution in [3.63, 3.8) is 0 Å². The van der Waals surface area contributed by atoms with Crippen molar-refractivity contribution in [1.29, 1.82) is 0 Å². The predicted molar refractivity (Wildman–Crippen MR) is 99.5 cm³/mol. The molecule has 1 amide bonds. The molecule has 1 fully saturated rings. The molecule has 0 bridgehead atoms. The van der Waals surface area contributed by atoms with Crippen molar-refractivity contribution in [2.24, 2.45) is 5.73 Å². The number of carbonyl (C=O) groups excluding carboxylic acids is 1. The second kappa shape index (κ2) is 6.66. The average Bonchev–Trinajstić information content (AvgIpc) is 3.01. The Bertz CT molecular complexity index is 850. The number of pyridine rings is 1. The van der Waals surface area contributed by atoms with E-state index in [0.29, 0.717) is 44.0 Å². The largest absolute Gasteiger partial charge is 0.470 e. The lowest BCUT2D eigenvalue weighted by Gasteiger charge is -2.38. The van der Waals surface area contributed by atoms with Gasteiger partial charge in [0.1, 0.15) is 11.4 Å². The van der Waals surface area contributed by atoms with Gasteiger partial charge in [-0.05, 0) is 11.6 Å². The van der Waals surface area contributed by atoms with Crippen LogP contribution in [0.5, 0.6) is 5.88 Å². The highest BCUT2D eigenvalue weighted by Crippen LogP contribution is 2.42. The number of nitrogens with zero attached hydrogens (tertiary/aromatic N) is 4. The number of ether oxygens (including phenoxy) is 1. The summed E-state index contributed by atoms with van der Waals surface area (Å²) in [6, 6.07) is 3.35. The summed E-state index contributed by atoms with van der Waals surface area (Å²) in [6.45, 7) is 1.21. The number of hydrogen-bond acceptors (Lipinski definition) is 8. The number of carbonyl (C=O) groups is 1. The van der Waals surface area contributed by atoms with Crippen molar-refractivity contribution >= 4 is 17.7 Å². The van der Waals surface area contributed by atoms with Gasteiger partial charge in [-0.1, -0.05) is 6.07 Å². The summed E-state index contributed by atoms with van der Waals surface area (Å²) in [4.78, 5) is 26.7. The van der Waals surface area contributed by atoms with Crippen molar-refractivity contribution in [2.75, 3.05) is 24.6 Å². The molecule has 2 aromatic heterocycles. The Morgan fingerprint density at radius 3 is 2.78 bits per heavy atom. The summed E-state index contributed by atoms with van der Waals surface area (Å²) in [5, 5.41) is 0. The van der Waals surface area contributed by atoms with Gasteiger partial charge in [-0.25, -0.2) is 0 Å². The first-order valence-corrected chi connectivity index (χ1v) is 9.00. The van der Waals surface area contributed by atoms with E-state index in [1.54, 1.807) is 12.4 Å². The van der Waals surface area contributed by atoms with E-state index in [2.05, 4.69) is 15.0 Å². The van der Waals surface area contributed by atoms with Crippen molar-refractivity contribution < 1.29 is 9.53 Å². The van der Waals surface area contributed by atoms with Crippen molar-refractivity contribution in [2.45, 2.75) is 37.3 Å². The van der Waals surface area contributed by atoms with E-state index in [1.807, 2.05) is 17.0 Å². The second-order valence-electron chi connectivity index (χ2n) is 7.19. The minimum absolute atomic E-state index is 0.0419. The molecule has 0 unspecified atom stereocenters. The zero-order valence-corrected chi connectivity index (χ0v) is 15.0. The van der Waals surface area contributed by atoms with E-state index in [0.717, 1.165) is 11.1 Å². The zero-order chi connectivity index (χ0) is 19.0. The molecule has 1 saturated heterocycles. The minimum Gasteiger partial charge on any atom is -0.470 e. The monoisotopic (exact) mass is 369 g/mol. The number of rotatable bonds is 3. The molecule has 9 nitrogen and oxygen atoms in total. The minimum atomic E-state index is -0.388. The van der Waals surface area contributed by atoms with Gasteiger partial charge in [-0.2, -0.15) is 9.97 Å². The molecule has 0 radical (unpaired) electrons. The molecule has 6 N–H and O–H groups in total. The summed E-state index contributed by atoms with van der Waals surface area (Å²) in [6.07, 6.45) is 5.70. The average molecular weight is 369 g/mol. The number of anilines is 2. The first-order chi connectivity index (χ1) is 13.0. The molecule has 2 aromatic rings. The quantitative estimate of drug-likeness (QED) is 0.705. The molecule has 9 heteroatoms. The zero-order valence-electron chi connectivity index (χ0n) is 15.0. The summed E-state index contributed by atoms with van der Waals surface area (Å²) < 4.78 is 6.09. The van der Waals surface area contributed by atoms with E-state index in [1.165, 1.54) is 0 Å². The summed E-state index contributed by atoms with van der Waals surface area (Å²) >= 11 is 0. The lowest BCUT2D eigenvalue weighted by molar-refractivity contribution is -0.134. The fourth-order valence-corrected chi connectivity index (χ4v) is 3.78. The Labute approximate surface area is 156 Å². The number of fused-ring (bicyclic) bond motifs is 1. The Balaban J connectivity index is 1.37. The Kier molecular flexibility index (Phi) is 4.31. The molecule has 1 atom stereocenters. The highest BCUT2D eigenvalue weighted by molar-refractivity contribution is 5.77. The lowest BCUT2D eigenvalue weighted by atomic mass is 9.87. The number of likely N-dealkylation sites (tertiary alicyclic amines) is 1. The van der Waals surface area contributed by atoms with Crippen LogP contribution in [0.1, 0.15) is 36.4 Å². The van der Waals surface area contributed by atoms with Crippen LogP contribution in [0, 0.1) is 0 Å². The number of nitrogens with two attached hydrogens (primary N) is 3. The Hall–Kier alpha value is -2.94. The molecular formula is C18H23N7O2. The third-order valence-corrected chi connectivity index (χ3v) is 5.37. The number of aromatic nitrogens is 3. The Morgan fingerprint density at radius 1 is 1.30 bits per heavy atom. The van der Waals surface area contributed by atoms with Gasteiger partial charge in [0.15, 0.2) is 0 Å². The number of amides is 1. The van der Waals surface area contributed by atoms with E-state index >= 15 is 0 Å². The third-order valence-electron chi connectivity index (χ3n) is 5.37. The van der Waals surface area contributed by atoms with E-state index in [4.69, 9.17) is 21.9 Å². The van der Waals surface area contributed by atoms with Crippen LogP contribution < -0.4 is 21.9 Å². The summed E-state index contributed by atoms with van der Waals surface area (Å²) in [5.74, 6) is 0.995. The van der Waals surface area contributed by atoms with Gasteiger partial charge in [-0.15, -0.1) is 0 Å². The van der Waals surface area contributed by atoms with Crippen LogP contribution in [0.15, 0.2) is 24.5 Å². The highest BCUT2D eigenvalue weighted by Gasteiger charge is 2.44. The normalized spacial score (nSPS) is 18.8. The van der Waals surface area contributed by atoms with Crippen LogP contribution in [0.4, 0.5) is 11.8 Å². The Morgan fingerprint density at radius 2 is 2.07 bits per heavy atom. The topological polar surface area (TPSA) is 146 Å². The molecule has 2 aliphatic heterocycles. The van der Waals surface area contributed by atoms with Crippen molar-refractivity contribution in [3.05, 3.63) is 35.7 Å². The highest BCUT2D eigenvalue weighted by atomic mass is 16.5. The van der Waals surface area contributed by atoms with Crippen LogP contribution in [0.2, 0.25) is 0 Å². The molecule has 0 saturated carbocycles. The van der Waals surface area contributed by atoms with Crippen LogP contribution in [0.25, 0.3) is 0 Å². The molecular weight excluding hydrogens is 346 g/mol. The molecule has 142 valence electrons.